The predicted molar refractivity (Wildman–Crippen MR) is 196 cm³/mol. The molecule has 3 aliphatic carbocycles. The highest BCUT2D eigenvalue weighted by atomic mass is 16.6. The summed E-state index contributed by atoms with van der Waals surface area (Å²) in [4.78, 5) is 91.5. The quantitative estimate of drug-likeness (QED) is 0.152. The Balaban J connectivity index is 1.38. The first-order valence-electron chi connectivity index (χ1n) is 19.7. The van der Waals surface area contributed by atoms with E-state index < -0.39 is 71.5 Å². The zero-order valence-electron chi connectivity index (χ0n) is 32.0. The molecular formula is C38H58N8O8. The van der Waals surface area contributed by atoms with Gasteiger partial charge < -0.3 is 41.3 Å². The number of alkyl carbamates (subject to hydrolysis) is 1. The van der Waals surface area contributed by atoms with Crippen LogP contribution in [0.15, 0.2) is 18.6 Å². The van der Waals surface area contributed by atoms with Crippen molar-refractivity contribution in [1.29, 1.82) is 0 Å². The minimum Gasteiger partial charge on any atom is -0.444 e. The number of amides is 6. The first-order valence-corrected chi connectivity index (χ1v) is 19.7. The summed E-state index contributed by atoms with van der Waals surface area (Å²) in [7, 11) is 0. The number of nitrogens with one attached hydrogen (secondary N) is 5. The van der Waals surface area contributed by atoms with E-state index >= 15 is 0 Å². The molecule has 0 bridgehead atoms. The third kappa shape index (κ3) is 10.9. The fourth-order valence-corrected chi connectivity index (χ4v) is 8.11. The van der Waals surface area contributed by atoms with Crippen LogP contribution in [0.1, 0.15) is 115 Å². The van der Waals surface area contributed by atoms with Gasteiger partial charge in [0.25, 0.3) is 11.8 Å². The zero-order chi connectivity index (χ0) is 39.0. The molecule has 16 heteroatoms. The summed E-state index contributed by atoms with van der Waals surface area (Å²) in [5.41, 5.74) is -0.784. The summed E-state index contributed by atoms with van der Waals surface area (Å²) in [6.45, 7) is 6.93. The number of hydrogen-bond donors (Lipinski definition) is 6. The Hall–Kier alpha value is -4.34. The molecule has 2 heterocycles. The number of aliphatic hydroxyl groups excluding tert-OH is 1. The lowest BCUT2D eigenvalue weighted by Gasteiger charge is -2.34. The average Bonchev–Trinajstić information content (AvgIpc) is 3.71. The second-order valence-electron chi connectivity index (χ2n) is 16.3. The Labute approximate surface area is 317 Å². The van der Waals surface area contributed by atoms with Gasteiger partial charge in [0, 0.05) is 25.0 Å². The van der Waals surface area contributed by atoms with Gasteiger partial charge in [-0.3, -0.25) is 29.0 Å². The predicted octanol–water partition coefficient (Wildman–Crippen LogP) is 1.72. The molecule has 0 spiro atoms. The van der Waals surface area contributed by atoms with Crippen LogP contribution in [0.4, 0.5) is 4.79 Å². The molecule has 3 saturated carbocycles. The number of carbonyl (C=O) groups excluding carboxylic acids is 6. The van der Waals surface area contributed by atoms with E-state index in [9.17, 15) is 33.9 Å². The van der Waals surface area contributed by atoms with E-state index in [1.54, 1.807) is 20.8 Å². The first kappa shape index (κ1) is 40.8. The molecule has 54 heavy (non-hydrogen) atoms. The topological polar surface area (TPSA) is 221 Å². The van der Waals surface area contributed by atoms with Crippen LogP contribution in [-0.2, 0) is 23.9 Å². The van der Waals surface area contributed by atoms with Crippen LogP contribution < -0.4 is 26.6 Å². The van der Waals surface area contributed by atoms with E-state index in [1.165, 1.54) is 23.5 Å². The van der Waals surface area contributed by atoms with Gasteiger partial charge in [-0.1, -0.05) is 39.0 Å². The van der Waals surface area contributed by atoms with Crippen molar-refractivity contribution in [3.05, 3.63) is 24.3 Å². The molecule has 1 aromatic rings. The van der Waals surface area contributed by atoms with Gasteiger partial charge >= 0.3 is 6.09 Å². The maximum atomic E-state index is 14.7. The van der Waals surface area contributed by atoms with Gasteiger partial charge in [-0.2, -0.15) is 0 Å². The number of ether oxygens (including phenoxy) is 1. The summed E-state index contributed by atoms with van der Waals surface area (Å²) >= 11 is 0. The summed E-state index contributed by atoms with van der Waals surface area (Å²) in [5.74, 6) is -3.11. The maximum Gasteiger partial charge on any atom is 0.407 e. The largest absolute Gasteiger partial charge is 0.444 e. The van der Waals surface area contributed by atoms with Gasteiger partial charge in [-0.25, -0.2) is 9.78 Å². The van der Waals surface area contributed by atoms with Gasteiger partial charge in [-0.05, 0) is 83.5 Å². The van der Waals surface area contributed by atoms with E-state index in [0.717, 1.165) is 44.9 Å². The highest BCUT2D eigenvalue weighted by molar-refractivity contribution is 5.98. The zero-order valence-corrected chi connectivity index (χ0v) is 32.0. The van der Waals surface area contributed by atoms with Gasteiger partial charge in [0.15, 0.2) is 6.10 Å². The van der Waals surface area contributed by atoms with Gasteiger partial charge in [-0.15, -0.1) is 0 Å². The van der Waals surface area contributed by atoms with Crippen LogP contribution in [0.3, 0.4) is 0 Å². The van der Waals surface area contributed by atoms with Crippen LogP contribution in [0.2, 0.25) is 0 Å². The minimum absolute atomic E-state index is 0.0341. The molecule has 4 aliphatic rings. The van der Waals surface area contributed by atoms with E-state index in [-0.39, 0.29) is 42.6 Å². The Kier molecular flexibility index (Phi) is 13.9. The standard InChI is InChI=1S/C38H58N8O8/c1-5-10-26(31(47)35(51)42-24-15-16-24)43-34(50)30-25-14-9-13-23(25)21-46(30)36(52)28(20-41-37(53)54-38(2,3)4)44-33(49)29(22-11-7-6-8-12-22)45-32(48)27-19-39-17-18-40-27/h17-19,22-26,28-31,47H,5-16,20-21H2,1-4H3,(H,41,53)(H,42,51)(H,43,50)(H,44,49)(H,45,48)/t23-,25-,26-,28-,29-,30?,31?/m0/s1. The number of rotatable bonds is 15. The minimum atomic E-state index is -1.46. The molecule has 5 rings (SSSR count). The summed E-state index contributed by atoms with van der Waals surface area (Å²) in [5, 5.41) is 25.0. The number of aliphatic hydroxyl groups is 1. The van der Waals surface area contributed by atoms with Crippen molar-refractivity contribution in [3.63, 3.8) is 0 Å². The Morgan fingerprint density at radius 2 is 1.67 bits per heavy atom. The molecule has 1 saturated heterocycles. The summed E-state index contributed by atoms with van der Waals surface area (Å²) < 4.78 is 5.42. The van der Waals surface area contributed by atoms with Crippen LogP contribution in [0.5, 0.6) is 0 Å². The van der Waals surface area contributed by atoms with Crippen molar-refractivity contribution in [2.24, 2.45) is 17.8 Å². The van der Waals surface area contributed by atoms with E-state index in [4.69, 9.17) is 4.74 Å². The monoisotopic (exact) mass is 754 g/mol. The Morgan fingerprint density at radius 3 is 2.31 bits per heavy atom. The molecule has 16 nitrogen and oxygen atoms in total. The number of likely N-dealkylation sites (tertiary alicyclic amines) is 1. The number of carbonyl (C=O) groups is 6. The van der Waals surface area contributed by atoms with E-state index in [2.05, 4.69) is 36.6 Å². The summed E-state index contributed by atoms with van der Waals surface area (Å²) in [6.07, 6.45) is 11.1. The normalized spacial score (nSPS) is 23.6. The highest BCUT2D eigenvalue weighted by Gasteiger charge is 2.51. The second-order valence-corrected chi connectivity index (χ2v) is 16.3. The van der Waals surface area contributed by atoms with Crippen molar-refractivity contribution in [2.45, 2.75) is 147 Å². The molecule has 6 N–H and O–H groups in total. The molecule has 0 radical (unpaired) electrons. The number of nitrogens with zero attached hydrogens (tertiary/aromatic N) is 3. The molecule has 1 aliphatic heterocycles. The van der Waals surface area contributed by atoms with Crippen LogP contribution in [0.25, 0.3) is 0 Å². The lowest BCUT2D eigenvalue weighted by atomic mass is 9.83. The molecule has 4 fully saturated rings. The maximum absolute atomic E-state index is 14.7. The lowest BCUT2D eigenvalue weighted by molar-refractivity contribution is -0.143. The first-order chi connectivity index (χ1) is 25.8. The van der Waals surface area contributed by atoms with Crippen molar-refractivity contribution in [1.82, 2.24) is 41.5 Å². The molecule has 298 valence electrons. The van der Waals surface area contributed by atoms with E-state index in [1.807, 2.05) is 6.92 Å². The van der Waals surface area contributed by atoms with Crippen molar-refractivity contribution in [2.75, 3.05) is 13.1 Å². The van der Waals surface area contributed by atoms with Crippen LogP contribution in [0, 0.1) is 17.8 Å². The summed E-state index contributed by atoms with van der Waals surface area (Å²) in [6, 6.07) is -4.08. The SMILES string of the molecule is CCC[C@H](NC(=O)C1[C@H]2CCC[C@H]2CN1C(=O)[C@H](CNC(=O)OC(C)(C)C)NC(=O)[C@@H](NC(=O)c1cnccn1)C1CCCCC1)C(O)C(=O)NC1CC1. The smallest absolute Gasteiger partial charge is 0.407 e. The number of aromatic nitrogens is 2. The molecule has 2 unspecified atom stereocenters. The number of hydrogen-bond acceptors (Lipinski definition) is 10. The molecule has 0 aromatic carbocycles. The Bertz CT molecular complexity index is 1500. The molecule has 7 atom stereocenters. The number of fused-ring (bicyclic) bond motifs is 1. The van der Waals surface area contributed by atoms with Gasteiger partial charge in [0.1, 0.15) is 29.4 Å². The second kappa shape index (κ2) is 18.3. The van der Waals surface area contributed by atoms with Crippen molar-refractivity contribution < 1.29 is 38.6 Å². The highest BCUT2D eigenvalue weighted by Crippen LogP contribution is 2.42. The average molecular weight is 755 g/mol. The molecular weight excluding hydrogens is 696 g/mol. The fourth-order valence-electron chi connectivity index (χ4n) is 8.11. The van der Waals surface area contributed by atoms with Gasteiger partial charge in [0.05, 0.1) is 18.8 Å². The van der Waals surface area contributed by atoms with Crippen LogP contribution in [-0.4, -0.2) is 111 Å². The molecule has 6 amide bonds. The van der Waals surface area contributed by atoms with Crippen molar-refractivity contribution >= 4 is 35.6 Å². The molecule has 1 aromatic heterocycles. The Morgan fingerprint density at radius 1 is 0.926 bits per heavy atom. The lowest BCUT2D eigenvalue weighted by Crippen LogP contribution is -2.62. The third-order valence-corrected chi connectivity index (χ3v) is 10.9. The van der Waals surface area contributed by atoms with Crippen molar-refractivity contribution in [3.8, 4) is 0 Å². The fraction of sp³-hybridized carbons (Fsp3) is 0.737. The van der Waals surface area contributed by atoms with Crippen LogP contribution >= 0.6 is 0 Å². The third-order valence-electron chi connectivity index (χ3n) is 10.9. The van der Waals surface area contributed by atoms with E-state index in [0.29, 0.717) is 32.1 Å². The van der Waals surface area contributed by atoms with Gasteiger partial charge in [0.2, 0.25) is 17.7 Å².